The van der Waals surface area contributed by atoms with Gasteiger partial charge in [-0.05, 0) is 35.9 Å². The van der Waals surface area contributed by atoms with Gasteiger partial charge in [-0.1, -0.05) is 60.7 Å². The maximum atomic E-state index is 13.4. The van der Waals surface area contributed by atoms with E-state index in [9.17, 15) is 13.2 Å². The number of furan rings is 1. The molecular formula is C28H22N2O5S. The average molecular weight is 499 g/mol. The lowest BCUT2D eigenvalue weighted by Gasteiger charge is -2.34. The molecule has 0 spiro atoms. The third-order valence-electron chi connectivity index (χ3n) is 6.20. The molecule has 2 heterocycles. The van der Waals surface area contributed by atoms with Crippen LogP contribution in [0.4, 0.5) is 11.4 Å². The van der Waals surface area contributed by atoms with E-state index in [1.807, 2.05) is 36.4 Å². The van der Waals surface area contributed by atoms with Crippen LogP contribution >= 0.6 is 0 Å². The highest BCUT2D eigenvalue weighted by Gasteiger charge is 2.36. The Kier molecular flexibility index (Phi) is 5.38. The van der Waals surface area contributed by atoms with E-state index in [0.717, 1.165) is 16.4 Å². The van der Waals surface area contributed by atoms with Crippen molar-refractivity contribution in [3.8, 4) is 5.75 Å². The Morgan fingerprint density at radius 1 is 0.861 bits per heavy atom. The number of para-hydroxylation sites is 3. The van der Waals surface area contributed by atoms with Gasteiger partial charge < -0.3 is 14.5 Å². The van der Waals surface area contributed by atoms with Crippen LogP contribution < -0.4 is 14.4 Å². The molecule has 0 fully saturated rings. The molecule has 0 saturated carbocycles. The van der Waals surface area contributed by atoms with E-state index in [1.165, 1.54) is 4.31 Å². The minimum atomic E-state index is -3.77. The van der Waals surface area contributed by atoms with Crippen LogP contribution in [-0.4, -0.2) is 27.0 Å². The van der Waals surface area contributed by atoms with E-state index < -0.39 is 22.0 Å². The van der Waals surface area contributed by atoms with Gasteiger partial charge in [0.15, 0.2) is 6.10 Å². The summed E-state index contributed by atoms with van der Waals surface area (Å²) in [5.41, 5.74) is 3.04. The van der Waals surface area contributed by atoms with E-state index in [2.05, 4.69) is 5.32 Å². The van der Waals surface area contributed by atoms with Gasteiger partial charge >= 0.3 is 0 Å². The standard InChI is InChI=1S/C28H22N2O5S/c31-28(29-20-14-15-22-21-10-4-6-12-24(21)34-26(22)16-20)27-17-30(23-11-5-7-13-25(23)35-27)36(32,33)18-19-8-2-1-3-9-19/h1-16,27H,17-18H2,(H,29,31)/t27-/m1/s1. The predicted molar refractivity (Wildman–Crippen MR) is 140 cm³/mol. The number of nitrogens with one attached hydrogen (secondary N) is 1. The number of hydrogen-bond acceptors (Lipinski definition) is 5. The fourth-order valence-corrected chi connectivity index (χ4v) is 6.07. The first-order chi connectivity index (χ1) is 17.5. The van der Waals surface area contributed by atoms with Gasteiger partial charge in [-0.2, -0.15) is 0 Å². The third-order valence-corrected chi connectivity index (χ3v) is 7.92. The number of hydrogen-bond donors (Lipinski definition) is 1. The van der Waals surface area contributed by atoms with Gasteiger partial charge in [0.25, 0.3) is 5.91 Å². The molecule has 1 aliphatic heterocycles. The molecule has 4 aromatic carbocycles. The number of fused-ring (bicyclic) bond motifs is 4. The second-order valence-electron chi connectivity index (χ2n) is 8.65. The maximum Gasteiger partial charge on any atom is 0.267 e. The number of carbonyl (C=O) groups excluding carboxylic acids is 1. The number of benzene rings is 4. The van der Waals surface area contributed by atoms with E-state index >= 15 is 0 Å². The number of ether oxygens (including phenoxy) is 1. The van der Waals surface area contributed by atoms with Crippen molar-refractivity contribution in [3.63, 3.8) is 0 Å². The molecular weight excluding hydrogens is 476 g/mol. The van der Waals surface area contributed by atoms with Crippen molar-refractivity contribution in [2.45, 2.75) is 11.9 Å². The van der Waals surface area contributed by atoms with Crippen molar-refractivity contribution in [3.05, 3.63) is 103 Å². The monoisotopic (exact) mass is 498 g/mol. The van der Waals surface area contributed by atoms with Crippen LogP contribution in [0.3, 0.4) is 0 Å². The summed E-state index contributed by atoms with van der Waals surface area (Å²) < 4.78 is 39.9. The SMILES string of the molecule is O=C(Nc1ccc2c(c1)oc1ccccc12)[C@H]1CN(S(=O)(=O)Cc2ccccc2)c2ccccc2O1. The summed E-state index contributed by atoms with van der Waals surface area (Å²) >= 11 is 0. The van der Waals surface area contributed by atoms with Crippen LogP contribution in [0.5, 0.6) is 5.75 Å². The van der Waals surface area contributed by atoms with E-state index in [0.29, 0.717) is 28.3 Å². The van der Waals surface area contributed by atoms with Gasteiger partial charge in [-0.15, -0.1) is 0 Å². The van der Waals surface area contributed by atoms with E-state index in [1.54, 1.807) is 60.7 Å². The molecule has 1 aliphatic rings. The first kappa shape index (κ1) is 22.2. The fraction of sp³-hybridized carbons (Fsp3) is 0.107. The van der Waals surface area contributed by atoms with Gasteiger partial charge in [0.2, 0.25) is 10.0 Å². The minimum absolute atomic E-state index is 0.134. The second kappa shape index (κ2) is 8.73. The molecule has 8 heteroatoms. The fourth-order valence-electron chi connectivity index (χ4n) is 4.49. The lowest BCUT2D eigenvalue weighted by molar-refractivity contribution is -0.122. The predicted octanol–water partition coefficient (Wildman–Crippen LogP) is 5.32. The number of nitrogens with zero attached hydrogens (tertiary/aromatic N) is 1. The Bertz CT molecular complexity index is 1700. The number of amides is 1. The van der Waals surface area contributed by atoms with Crippen molar-refractivity contribution >= 4 is 49.2 Å². The Morgan fingerprint density at radius 2 is 1.58 bits per heavy atom. The summed E-state index contributed by atoms with van der Waals surface area (Å²) in [7, 11) is -3.77. The van der Waals surface area contributed by atoms with Gasteiger partial charge in [0.1, 0.15) is 16.9 Å². The maximum absolute atomic E-state index is 13.4. The van der Waals surface area contributed by atoms with Crippen LogP contribution in [0.25, 0.3) is 21.9 Å². The molecule has 6 rings (SSSR count). The highest BCUT2D eigenvalue weighted by atomic mass is 32.2. The van der Waals surface area contributed by atoms with Crippen LogP contribution in [0.1, 0.15) is 5.56 Å². The molecule has 1 amide bonds. The summed E-state index contributed by atoms with van der Waals surface area (Å²) in [5, 5.41) is 4.80. The zero-order valence-corrected chi connectivity index (χ0v) is 19.9. The van der Waals surface area contributed by atoms with E-state index in [-0.39, 0.29) is 12.3 Å². The number of anilines is 2. The smallest absolute Gasteiger partial charge is 0.267 e. The molecule has 5 aromatic rings. The molecule has 1 atom stereocenters. The molecule has 1 N–H and O–H groups in total. The summed E-state index contributed by atoms with van der Waals surface area (Å²) in [6, 6.07) is 29.0. The van der Waals surface area contributed by atoms with Crippen molar-refractivity contribution < 1.29 is 22.4 Å². The van der Waals surface area contributed by atoms with E-state index in [4.69, 9.17) is 9.15 Å². The van der Waals surface area contributed by atoms with Crippen LogP contribution in [-0.2, 0) is 20.6 Å². The van der Waals surface area contributed by atoms with Crippen LogP contribution in [0.15, 0.2) is 101 Å². The zero-order chi connectivity index (χ0) is 24.7. The Labute approximate surface area is 208 Å². The average Bonchev–Trinajstić information content (AvgIpc) is 3.26. The molecule has 36 heavy (non-hydrogen) atoms. The Morgan fingerprint density at radius 3 is 2.44 bits per heavy atom. The van der Waals surface area contributed by atoms with Crippen molar-refractivity contribution in [2.24, 2.45) is 0 Å². The van der Waals surface area contributed by atoms with Crippen LogP contribution in [0, 0.1) is 0 Å². The largest absolute Gasteiger partial charge is 0.476 e. The number of rotatable bonds is 5. The highest BCUT2D eigenvalue weighted by molar-refractivity contribution is 7.92. The lowest BCUT2D eigenvalue weighted by atomic mass is 10.1. The molecule has 0 unspecified atom stereocenters. The summed E-state index contributed by atoms with van der Waals surface area (Å²) in [6.45, 7) is -0.134. The summed E-state index contributed by atoms with van der Waals surface area (Å²) in [4.78, 5) is 13.2. The summed E-state index contributed by atoms with van der Waals surface area (Å²) in [6.07, 6.45) is -1.03. The lowest BCUT2D eigenvalue weighted by Crippen LogP contribution is -2.49. The topological polar surface area (TPSA) is 88.9 Å². The number of carbonyl (C=O) groups is 1. The molecule has 7 nitrogen and oxygen atoms in total. The molecule has 1 aromatic heterocycles. The van der Waals surface area contributed by atoms with Gasteiger partial charge in [0.05, 0.1) is 18.0 Å². The molecule has 180 valence electrons. The normalized spacial score (nSPS) is 15.4. The first-order valence-electron chi connectivity index (χ1n) is 11.5. The molecule has 0 bridgehead atoms. The van der Waals surface area contributed by atoms with Crippen molar-refractivity contribution in [1.82, 2.24) is 0 Å². The summed E-state index contributed by atoms with van der Waals surface area (Å²) in [5.74, 6) is -0.285. The van der Waals surface area contributed by atoms with Gasteiger partial charge in [0, 0.05) is 22.5 Å². The Balaban J connectivity index is 1.27. The Hall–Kier alpha value is -4.30. The van der Waals surface area contributed by atoms with Crippen molar-refractivity contribution in [1.29, 1.82) is 0 Å². The molecule has 0 radical (unpaired) electrons. The zero-order valence-electron chi connectivity index (χ0n) is 19.1. The second-order valence-corrected chi connectivity index (χ2v) is 10.5. The van der Waals surface area contributed by atoms with Crippen LogP contribution in [0.2, 0.25) is 0 Å². The molecule has 0 aliphatic carbocycles. The third kappa shape index (κ3) is 4.05. The van der Waals surface area contributed by atoms with Gasteiger partial charge in [-0.3, -0.25) is 9.10 Å². The first-order valence-corrected chi connectivity index (χ1v) is 13.1. The number of sulfonamides is 1. The minimum Gasteiger partial charge on any atom is -0.476 e. The van der Waals surface area contributed by atoms with Crippen molar-refractivity contribution in [2.75, 3.05) is 16.2 Å². The molecule has 0 saturated heterocycles. The highest BCUT2D eigenvalue weighted by Crippen LogP contribution is 2.36. The quantitative estimate of drug-likeness (QED) is 0.354. The van der Waals surface area contributed by atoms with Gasteiger partial charge in [-0.25, -0.2) is 8.42 Å².